The molecule has 2 rings (SSSR count). The lowest BCUT2D eigenvalue weighted by molar-refractivity contribution is -0.147. The number of allylic oxidation sites excluding steroid dienone is 4. The van der Waals surface area contributed by atoms with Gasteiger partial charge < -0.3 is 10.2 Å². The number of aliphatic hydroxyl groups excluding tert-OH is 1. The summed E-state index contributed by atoms with van der Waals surface area (Å²) in [7, 11) is 0. The molecule has 0 heterocycles. The Morgan fingerprint density at radius 2 is 2.00 bits per heavy atom. The maximum atomic E-state index is 11.7. The van der Waals surface area contributed by atoms with E-state index in [9.17, 15) is 15.0 Å². The van der Waals surface area contributed by atoms with Crippen LogP contribution in [0.4, 0.5) is 0 Å². The molecule has 2 unspecified atom stereocenters. The fourth-order valence-electron chi connectivity index (χ4n) is 2.83. The minimum Gasteiger partial charge on any atom is -0.481 e. The van der Waals surface area contributed by atoms with Crippen molar-refractivity contribution in [3.8, 4) is 0 Å². The summed E-state index contributed by atoms with van der Waals surface area (Å²) in [5.74, 6) is -0.936. The van der Waals surface area contributed by atoms with Gasteiger partial charge in [0.15, 0.2) is 0 Å². The average molecular weight is 298 g/mol. The lowest BCUT2D eigenvalue weighted by Gasteiger charge is -2.35. The first-order chi connectivity index (χ1) is 10.5. The van der Waals surface area contributed by atoms with Gasteiger partial charge in [-0.3, -0.25) is 4.79 Å². The smallest absolute Gasteiger partial charge is 0.314 e. The summed E-state index contributed by atoms with van der Waals surface area (Å²) in [5.41, 5.74) is 1.75. The Morgan fingerprint density at radius 1 is 1.32 bits per heavy atom. The van der Waals surface area contributed by atoms with E-state index in [4.69, 9.17) is 0 Å². The van der Waals surface area contributed by atoms with Crippen molar-refractivity contribution in [3.05, 3.63) is 65.8 Å². The molecule has 1 aromatic carbocycles. The van der Waals surface area contributed by atoms with E-state index in [1.54, 1.807) is 6.92 Å². The second kappa shape index (κ2) is 6.75. The van der Waals surface area contributed by atoms with E-state index in [1.807, 2.05) is 61.6 Å². The van der Waals surface area contributed by atoms with Crippen molar-refractivity contribution in [2.24, 2.45) is 11.3 Å². The molecule has 0 fully saturated rings. The average Bonchev–Trinajstić information content (AvgIpc) is 2.52. The standard InChI is InChI=1S/C19H22O3/c1-14-7-6-10-17(19(14,2)18(21)22)12-11-16(13-20)15-8-4-3-5-9-15/h3-11,17,20H,12-13H2,1-2H3,(H,21,22)/b16-11+. The highest BCUT2D eigenvalue weighted by molar-refractivity contribution is 5.79. The van der Waals surface area contributed by atoms with E-state index in [0.29, 0.717) is 6.42 Å². The van der Waals surface area contributed by atoms with Crippen molar-refractivity contribution < 1.29 is 15.0 Å². The molecule has 0 saturated carbocycles. The number of aliphatic carboxylic acids is 1. The van der Waals surface area contributed by atoms with Gasteiger partial charge in [-0.25, -0.2) is 0 Å². The topological polar surface area (TPSA) is 57.5 Å². The van der Waals surface area contributed by atoms with Gasteiger partial charge in [-0.2, -0.15) is 0 Å². The highest BCUT2D eigenvalue weighted by Crippen LogP contribution is 2.41. The number of carbonyl (C=O) groups is 1. The molecule has 22 heavy (non-hydrogen) atoms. The maximum Gasteiger partial charge on any atom is 0.314 e. The van der Waals surface area contributed by atoms with E-state index in [-0.39, 0.29) is 12.5 Å². The van der Waals surface area contributed by atoms with Gasteiger partial charge in [0.1, 0.15) is 0 Å². The molecule has 2 N–H and O–H groups in total. The first-order valence-corrected chi connectivity index (χ1v) is 7.44. The van der Waals surface area contributed by atoms with E-state index in [1.165, 1.54) is 0 Å². The Morgan fingerprint density at radius 3 is 2.59 bits per heavy atom. The summed E-state index contributed by atoms with van der Waals surface area (Å²) >= 11 is 0. The summed E-state index contributed by atoms with van der Waals surface area (Å²) < 4.78 is 0. The molecule has 0 bridgehead atoms. The number of rotatable bonds is 5. The van der Waals surface area contributed by atoms with Gasteiger partial charge in [-0.1, -0.05) is 60.2 Å². The highest BCUT2D eigenvalue weighted by atomic mass is 16.4. The van der Waals surface area contributed by atoms with Crippen LogP contribution in [0.15, 0.2) is 60.2 Å². The van der Waals surface area contributed by atoms with Crippen LogP contribution >= 0.6 is 0 Å². The van der Waals surface area contributed by atoms with Gasteiger partial charge in [0.2, 0.25) is 0 Å². The van der Waals surface area contributed by atoms with E-state index in [0.717, 1.165) is 16.7 Å². The fraction of sp³-hybridized carbons (Fsp3) is 0.316. The van der Waals surface area contributed by atoms with Crippen LogP contribution in [-0.2, 0) is 4.79 Å². The normalized spacial score (nSPS) is 25.0. The summed E-state index contributed by atoms with van der Waals surface area (Å²) in [5, 5.41) is 19.2. The molecule has 0 amide bonds. The molecule has 0 radical (unpaired) electrons. The van der Waals surface area contributed by atoms with Crippen LogP contribution in [0.25, 0.3) is 5.57 Å². The molecule has 0 saturated heterocycles. The lowest BCUT2D eigenvalue weighted by Crippen LogP contribution is -2.37. The zero-order valence-electron chi connectivity index (χ0n) is 13.0. The molecule has 3 heteroatoms. The van der Waals surface area contributed by atoms with Crippen LogP contribution in [0.3, 0.4) is 0 Å². The predicted molar refractivity (Wildman–Crippen MR) is 88.3 cm³/mol. The summed E-state index contributed by atoms with van der Waals surface area (Å²) in [4.78, 5) is 11.7. The molecule has 0 aliphatic heterocycles. The zero-order chi connectivity index (χ0) is 16.2. The number of hydrogen-bond donors (Lipinski definition) is 2. The van der Waals surface area contributed by atoms with Gasteiger partial charge in [-0.05, 0) is 31.4 Å². The van der Waals surface area contributed by atoms with Crippen LogP contribution < -0.4 is 0 Å². The third kappa shape index (κ3) is 3.04. The van der Waals surface area contributed by atoms with Crippen LogP contribution in [0, 0.1) is 11.3 Å². The highest BCUT2D eigenvalue weighted by Gasteiger charge is 2.42. The molecule has 0 spiro atoms. The van der Waals surface area contributed by atoms with Crippen molar-refractivity contribution in [1.29, 1.82) is 0 Å². The number of carboxylic acids is 1. The van der Waals surface area contributed by atoms with E-state index in [2.05, 4.69) is 0 Å². The monoisotopic (exact) mass is 298 g/mol. The molecule has 2 atom stereocenters. The van der Waals surface area contributed by atoms with Crippen molar-refractivity contribution in [2.75, 3.05) is 6.61 Å². The van der Waals surface area contributed by atoms with Gasteiger partial charge in [0.25, 0.3) is 0 Å². The van der Waals surface area contributed by atoms with E-state index >= 15 is 0 Å². The van der Waals surface area contributed by atoms with Crippen molar-refractivity contribution in [2.45, 2.75) is 20.3 Å². The molecule has 1 aromatic rings. The molecule has 0 aromatic heterocycles. The van der Waals surface area contributed by atoms with Crippen LogP contribution in [-0.4, -0.2) is 22.8 Å². The van der Waals surface area contributed by atoms with Crippen molar-refractivity contribution in [1.82, 2.24) is 0 Å². The second-order valence-electron chi connectivity index (χ2n) is 5.84. The maximum absolute atomic E-state index is 11.7. The molecule has 116 valence electrons. The Balaban J connectivity index is 2.25. The number of benzene rings is 1. The fourth-order valence-corrected chi connectivity index (χ4v) is 2.83. The molecular weight excluding hydrogens is 276 g/mol. The van der Waals surface area contributed by atoms with Crippen LogP contribution in [0.2, 0.25) is 0 Å². The Labute approximate surface area is 131 Å². The molecular formula is C19H22O3. The SMILES string of the molecule is CC1=CC=CC(C/C=C(\CO)c2ccccc2)C1(C)C(=O)O. The third-order valence-corrected chi connectivity index (χ3v) is 4.63. The first-order valence-electron chi connectivity index (χ1n) is 7.44. The molecule has 1 aliphatic carbocycles. The zero-order valence-corrected chi connectivity index (χ0v) is 13.0. The molecule has 3 nitrogen and oxygen atoms in total. The number of aliphatic hydroxyl groups is 1. The lowest BCUT2D eigenvalue weighted by atomic mass is 9.68. The van der Waals surface area contributed by atoms with Gasteiger partial charge in [0, 0.05) is 5.92 Å². The predicted octanol–water partition coefficient (Wildman–Crippen LogP) is 3.68. The second-order valence-corrected chi connectivity index (χ2v) is 5.84. The summed E-state index contributed by atoms with van der Waals surface area (Å²) in [6, 6.07) is 9.67. The minimum absolute atomic E-state index is 0.0565. The first kappa shape index (κ1) is 16.2. The van der Waals surface area contributed by atoms with E-state index < -0.39 is 11.4 Å². The summed E-state index contributed by atoms with van der Waals surface area (Å²) in [6.07, 6.45) is 8.25. The van der Waals surface area contributed by atoms with Crippen LogP contribution in [0.1, 0.15) is 25.8 Å². The van der Waals surface area contributed by atoms with Gasteiger partial charge in [-0.15, -0.1) is 0 Å². The summed E-state index contributed by atoms with van der Waals surface area (Å²) in [6.45, 7) is 3.57. The number of carboxylic acid groups (broad SMARTS) is 1. The van der Waals surface area contributed by atoms with Crippen LogP contribution in [0.5, 0.6) is 0 Å². The number of hydrogen-bond acceptors (Lipinski definition) is 2. The van der Waals surface area contributed by atoms with Crippen molar-refractivity contribution in [3.63, 3.8) is 0 Å². The van der Waals surface area contributed by atoms with Crippen molar-refractivity contribution >= 4 is 11.5 Å². The minimum atomic E-state index is -0.900. The van der Waals surface area contributed by atoms with Gasteiger partial charge >= 0.3 is 5.97 Å². The quantitative estimate of drug-likeness (QED) is 0.872. The molecule has 1 aliphatic rings. The third-order valence-electron chi connectivity index (χ3n) is 4.63. The van der Waals surface area contributed by atoms with Gasteiger partial charge in [0.05, 0.1) is 12.0 Å². The Kier molecular flexibility index (Phi) is 4.99. The largest absolute Gasteiger partial charge is 0.481 e. The Bertz CT molecular complexity index is 625. The Hall–Kier alpha value is -2.13.